The first-order chi connectivity index (χ1) is 9.74. The lowest BCUT2D eigenvalue weighted by Gasteiger charge is -2.37. The van der Waals surface area contributed by atoms with Crippen molar-refractivity contribution in [3.05, 3.63) is 29.8 Å². The molecule has 3 nitrogen and oxygen atoms in total. The predicted molar refractivity (Wildman–Crippen MR) is 81.7 cm³/mol. The molecule has 1 aliphatic carbocycles. The highest BCUT2D eigenvalue weighted by Crippen LogP contribution is 2.44. The largest absolute Gasteiger partial charge is 0.326 e. The van der Waals surface area contributed by atoms with Gasteiger partial charge in [0.05, 0.1) is 5.41 Å². The van der Waals surface area contributed by atoms with E-state index in [1.807, 2.05) is 12.1 Å². The summed E-state index contributed by atoms with van der Waals surface area (Å²) in [6, 6.07) is 8.22. The number of aryl methyl sites for hydroxylation is 1. The van der Waals surface area contributed by atoms with Crippen molar-refractivity contribution in [3.63, 3.8) is 0 Å². The van der Waals surface area contributed by atoms with Crippen molar-refractivity contribution in [2.45, 2.75) is 39.0 Å². The second kappa shape index (κ2) is 5.57. The Morgan fingerprint density at radius 2 is 2.35 bits per heavy atom. The van der Waals surface area contributed by atoms with Crippen LogP contribution in [0.1, 0.15) is 38.2 Å². The second-order valence-corrected chi connectivity index (χ2v) is 6.24. The van der Waals surface area contributed by atoms with Crippen LogP contribution in [0.5, 0.6) is 0 Å². The highest BCUT2D eigenvalue weighted by atomic mass is 16.2. The molecule has 2 atom stereocenters. The topological polar surface area (TPSA) is 41.1 Å². The van der Waals surface area contributed by atoms with Gasteiger partial charge in [-0.25, -0.2) is 0 Å². The van der Waals surface area contributed by atoms with E-state index < -0.39 is 0 Å². The molecule has 1 aliphatic heterocycles. The lowest BCUT2D eigenvalue weighted by atomic mass is 9.67. The molecule has 0 spiro atoms. The summed E-state index contributed by atoms with van der Waals surface area (Å²) in [5.41, 5.74) is 2.05. The van der Waals surface area contributed by atoms with Gasteiger partial charge in [-0.2, -0.15) is 0 Å². The zero-order chi connectivity index (χ0) is 14.0. The summed E-state index contributed by atoms with van der Waals surface area (Å²) in [7, 11) is 0. The van der Waals surface area contributed by atoms with Crippen molar-refractivity contribution in [1.82, 2.24) is 5.32 Å². The van der Waals surface area contributed by atoms with Crippen LogP contribution >= 0.6 is 0 Å². The maximum atomic E-state index is 12.8. The molecule has 0 unspecified atom stereocenters. The number of amides is 1. The van der Waals surface area contributed by atoms with E-state index in [4.69, 9.17) is 0 Å². The van der Waals surface area contributed by atoms with E-state index in [1.54, 1.807) is 0 Å². The van der Waals surface area contributed by atoms with Gasteiger partial charge in [0.1, 0.15) is 0 Å². The summed E-state index contributed by atoms with van der Waals surface area (Å²) < 4.78 is 0. The molecule has 1 saturated carbocycles. The summed E-state index contributed by atoms with van der Waals surface area (Å²) in [6.45, 7) is 3.98. The smallest absolute Gasteiger partial charge is 0.232 e. The number of hydrogen-bond donors (Lipinski definition) is 2. The van der Waals surface area contributed by atoms with Crippen LogP contribution in [-0.2, 0) is 11.2 Å². The molecule has 1 heterocycles. The minimum absolute atomic E-state index is 0.166. The number of carbonyl (C=O) groups excluding carboxylic acids is 1. The molecule has 0 aromatic heterocycles. The summed E-state index contributed by atoms with van der Waals surface area (Å²) in [5, 5.41) is 6.60. The highest BCUT2D eigenvalue weighted by molar-refractivity contribution is 5.96. The third-order valence-corrected chi connectivity index (χ3v) is 5.08. The molecule has 3 rings (SSSR count). The average molecular weight is 272 g/mol. The summed E-state index contributed by atoms with van der Waals surface area (Å²) in [4.78, 5) is 12.8. The van der Waals surface area contributed by atoms with Crippen LogP contribution in [0.4, 0.5) is 5.69 Å². The molecule has 20 heavy (non-hydrogen) atoms. The van der Waals surface area contributed by atoms with Gasteiger partial charge in [0.25, 0.3) is 0 Å². The number of carbonyl (C=O) groups is 1. The number of hydrogen-bond acceptors (Lipinski definition) is 2. The molecular weight excluding hydrogens is 248 g/mol. The van der Waals surface area contributed by atoms with Crippen LogP contribution in [-0.4, -0.2) is 19.0 Å². The van der Waals surface area contributed by atoms with Crippen LogP contribution in [0, 0.1) is 11.3 Å². The average Bonchev–Trinajstić information content (AvgIpc) is 2.92. The first-order valence-electron chi connectivity index (χ1n) is 7.86. The van der Waals surface area contributed by atoms with Gasteiger partial charge in [0.2, 0.25) is 5.91 Å². The zero-order valence-corrected chi connectivity index (χ0v) is 12.2. The Morgan fingerprint density at radius 3 is 3.20 bits per heavy atom. The van der Waals surface area contributed by atoms with Gasteiger partial charge in [0, 0.05) is 12.2 Å². The Bertz CT molecular complexity index is 500. The van der Waals surface area contributed by atoms with E-state index in [0.29, 0.717) is 5.92 Å². The Kier molecular flexibility index (Phi) is 3.79. The molecule has 2 N–H and O–H groups in total. The van der Waals surface area contributed by atoms with E-state index in [-0.39, 0.29) is 11.3 Å². The van der Waals surface area contributed by atoms with Gasteiger partial charge in [-0.05, 0) is 49.4 Å². The maximum absolute atomic E-state index is 12.8. The molecule has 2 aliphatic rings. The normalized spacial score (nSPS) is 28.9. The lowest BCUT2D eigenvalue weighted by Crippen LogP contribution is -2.44. The minimum atomic E-state index is -0.166. The van der Waals surface area contributed by atoms with Crippen LogP contribution in [0.15, 0.2) is 24.3 Å². The number of benzene rings is 1. The summed E-state index contributed by atoms with van der Waals surface area (Å²) in [5.74, 6) is 0.742. The first-order valence-corrected chi connectivity index (χ1v) is 7.86. The fourth-order valence-electron chi connectivity index (χ4n) is 3.81. The van der Waals surface area contributed by atoms with Crippen molar-refractivity contribution in [3.8, 4) is 0 Å². The van der Waals surface area contributed by atoms with Crippen molar-refractivity contribution in [2.24, 2.45) is 11.3 Å². The molecule has 1 amide bonds. The van der Waals surface area contributed by atoms with Crippen molar-refractivity contribution < 1.29 is 4.79 Å². The third-order valence-electron chi connectivity index (χ3n) is 5.08. The number of fused-ring (bicyclic) bond motifs is 1. The van der Waals surface area contributed by atoms with E-state index in [2.05, 4.69) is 29.7 Å². The molecule has 0 bridgehead atoms. The highest BCUT2D eigenvalue weighted by Gasteiger charge is 2.49. The maximum Gasteiger partial charge on any atom is 0.232 e. The third kappa shape index (κ3) is 2.35. The second-order valence-electron chi connectivity index (χ2n) is 6.24. The van der Waals surface area contributed by atoms with Gasteiger partial charge in [-0.15, -0.1) is 0 Å². The summed E-state index contributed by atoms with van der Waals surface area (Å²) in [6.07, 6.45) is 5.67. The predicted octanol–water partition coefficient (Wildman–Crippen LogP) is 2.97. The van der Waals surface area contributed by atoms with Gasteiger partial charge < -0.3 is 10.6 Å². The molecule has 0 radical (unpaired) electrons. The van der Waals surface area contributed by atoms with E-state index in [0.717, 1.165) is 31.6 Å². The van der Waals surface area contributed by atoms with Crippen LogP contribution in [0.2, 0.25) is 0 Å². The van der Waals surface area contributed by atoms with Crippen molar-refractivity contribution >= 4 is 11.6 Å². The molecular formula is C17H24N2O. The fourth-order valence-corrected chi connectivity index (χ4v) is 3.81. The quantitative estimate of drug-likeness (QED) is 0.888. The van der Waals surface area contributed by atoms with Crippen molar-refractivity contribution in [2.75, 3.05) is 18.4 Å². The molecule has 1 aromatic rings. The van der Waals surface area contributed by atoms with Gasteiger partial charge in [-0.3, -0.25) is 4.79 Å². The number of anilines is 1. The van der Waals surface area contributed by atoms with E-state index in [1.165, 1.54) is 24.8 Å². The monoisotopic (exact) mass is 272 g/mol. The molecule has 3 heteroatoms. The molecule has 1 saturated heterocycles. The fraction of sp³-hybridized carbons (Fsp3) is 0.588. The van der Waals surface area contributed by atoms with Crippen LogP contribution in [0.3, 0.4) is 0 Å². The van der Waals surface area contributed by atoms with Crippen LogP contribution < -0.4 is 10.6 Å². The Balaban J connectivity index is 1.78. The van der Waals surface area contributed by atoms with Crippen molar-refractivity contribution in [1.29, 1.82) is 0 Å². The zero-order valence-electron chi connectivity index (χ0n) is 12.2. The van der Waals surface area contributed by atoms with Gasteiger partial charge >= 0.3 is 0 Å². The number of rotatable bonds is 3. The van der Waals surface area contributed by atoms with Crippen LogP contribution in [0.25, 0.3) is 0 Å². The Labute approximate surface area is 121 Å². The Hall–Kier alpha value is -1.35. The van der Waals surface area contributed by atoms with Gasteiger partial charge in [-0.1, -0.05) is 31.9 Å². The lowest BCUT2D eigenvalue weighted by molar-refractivity contribution is -0.128. The molecule has 2 fully saturated rings. The Morgan fingerprint density at radius 1 is 1.45 bits per heavy atom. The first kappa shape index (κ1) is 13.6. The molecule has 1 aromatic carbocycles. The van der Waals surface area contributed by atoms with Gasteiger partial charge in [0.15, 0.2) is 0 Å². The standard InChI is InChI=1S/C17H24N2O/c1-2-13-6-5-8-15(10-13)19-16(20)17-9-4-3-7-14(17)11-18-12-17/h5-6,8,10,14,18H,2-4,7,9,11-12H2,1H3,(H,19,20)/t14-,17+/m0/s1. The number of nitrogens with one attached hydrogen (secondary N) is 2. The molecule has 108 valence electrons. The van der Waals surface area contributed by atoms with E-state index >= 15 is 0 Å². The summed E-state index contributed by atoms with van der Waals surface area (Å²) >= 11 is 0. The SMILES string of the molecule is CCc1cccc(NC(=O)[C@@]23CCCC[C@H]2CNC3)c1. The minimum Gasteiger partial charge on any atom is -0.326 e. The van der Waals surface area contributed by atoms with E-state index in [9.17, 15) is 4.79 Å².